The third kappa shape index (κ3) is 2.84. The second-order valence-corrected chi connectivity index (χ2v) is 8.07. The first-order valence-corrected chi connectivity index (χ1v) is 7.69. The van der Waals surface area contributed by atoms with Gasteiger partial charge in [-0.05, 0) is 73.9 Å². The van der Waals surface area contributed by atoms with Crippen molar-refractivity contribution in [1.29, 1.82) is 0 Å². The number of hydrogen-bond acceptors (Lipinski definition) is 3. The first-order chi connectivity index (χ1) is 8.56. The maximum Gasteiger partial charge on any atom is 0.0774 e. The van der Waals surface area contributed by atoms with Crippen molar-refractivity contribution in [2.24, 2.45) is 5.92 Å². The maximum absolute atomic E-state index is 11.0. The molecule has 0 aliphatic carbocycles. The summed E-state index contributed by atoms with van der Waals surface area (Å²) in [5.41, 5.74) is -0.543. The van der Waals surface area contributed by atoms with Gasteiger partial charge in [0.1, 0.15) is 0 Å². The molecule has 0 spiro atoms. The van der Waals surface area contributed by atoms with E-state index in [0.29, 0.717) is 0 Å². The van der Waals surface area contributed by atoms with Gasteiger partial charge in [-0.2, -0.15) is 0 Å². The Balaban J connectivity index is 2.16. The van der Waals surface area contributed by atoms with Gasteiger partial charge in [0.25, 0.3) is 0 Å². The number of ether oxygens (including phenoxy) is 1. The Morgan fingerprint density at radius 3 is 2.11 bits per heavy atom. The predicted octanol–water partition coefficient (Wildman–Crippen LogP) is 2.82. The van der Waals surface area contributed by atoms with Crippen LogP contribution < -0.4 is 0 Å². The van der Waals surface area contributed by atoms with Crippen LogP contribution in [-0.4, -0.2) is 45.9 Å². The van der Waals surface area contributed by atoms with E-state index in [2.05, 4.69) is 46.4 Å². The molecule has 2 unspecified atom stereocenters. The molecule has 2 rings (SSSR count). The van der Waals surface area contributed by atoms with E-state index in [1.807, 2.05) is 0 Å². The number of hydrogen-bond donors (Lipinski definition) is 1. The minimum absolute atomic E-state index is 0.129. The van der Waals surface area contributed by atoms with Gasteiger partial charge in [-0.3, -0.25) is 4.90 Å². The second-order valence-electron chi connectivity index (χ2n) is 8.07. The number of aliphatic hydroxyl groups is 1. The van der Waals surface area contributed by atoms with Gasteiger partial charge in [0.05, 0.1) is 17.3 Å². The fraction of sp³-hybridized carbons (Fsp3) is 1.00. The van der Waals surface area contributed by atoms with Crippen LogP contribution >= 0.6 is 0 Å². The minimum Gasteiger partial charge on any atom is -0.391 e. The van der Waals surface area contributed by atoms with E-state index in [1.165, 1.54) is 12.8 Å². The van der Waals surface area contributed by atoms with Crippen molar-refractivity contribution < 1.29 is 9.84 Å². The number of rotatable bonds is 3. The molecule has 2 aliphatic heterocycles. The first kappa shape index (κ1) is 15.3. The van der Waals surface area contributed by atoms with Crippen molar-refractivity contribution in [3.63, 3.8) is 0 Å². The van der Waals surface area contributed by atoms with Crippen LogP contribution in [0.25, 0.3) is 0 Å². The Labute approximate surface area is 118 Å². The van der Waals surface area contributed by atoms with Crippen molar-refractivity contribution in [3.8, 4) is 0 Å². The largest absolute Gasteiger partial charge is 0.391 e. The van der Waals surface area contributed by atoms with Crippen molar-refractivity contribution in [2.45, 2.75) is 83.6 Å². The highest BCUT2D eigenvalue weighted by Crippen LogP contribution is 2.46. The van der Waals surface area contributed by atoms with Gasteiger partial charge in [0.15, 0.2) is 0 Å². The predicted molar refractivity (Wildman–Crippen MR) is 78.2 cm³/mol. The van der Waals surface area contributed by atoms with E-state index in [4.69, 9.17) is 4.74 Å². The summed E-state index contributed by atoms with van der Waals surface area (Å²) in [6.07, 6.45) is 3.10. The molecule has 2 atom stereocenters. The highest BCUT2D eigenvalue weighted by Gasteiger charge is 2.53. The number of likely N-dealkylation sites (tertiary alicyclic amines) is 1. The first-order valence-electron chi connectivity index (χ1n) is 7.69. The van der Waals surface area contributed by atoms with Crippen molar-refractivity contribution in [3.05, 3.63) is 0 Å². The zero-order chi connectivity index (χ0) is 14.5. The normalized spacial score (nSPS) is 32.7. The highest BCUT2D eigenvalue weighted by atomic mass is 16.5. The quantitative estimate of drug-likeness (QED) is 0.855. The zero-order valence-corrected chi connectivity index (χ0v) is 13.5. The second kappa shape index (κ2) is 4.71. The molecule has 0 aromatic carbocycles. The molecule has 0 bridgehead atoms. The third-order valence-electron chi connectivity index (χ3n) is 5.17. The summed E-state index contributed by atoms with van der Waals surface area (Å²) in [4.78, 5) is 2.44. The summed E-state index contributed by atoms with van der Waals surface area (Å²) >= 11 is 0. The van der Waals surface area contributed by atoms with E-state index in [-0.39, 0.29) is 28.8 Å². The smallest absolute Gasteiger partial charge is 0.0774 e. The molecular weight excluding hydrogens is 238 g/mol. The molecule has 2 fully saturated rings. The molecular formula is C16H31NO2. The Kier molecular flexibility index (Phi) is 3.79. The van der Waals surface area contributed by atoms with Crippen LogP contribution in [0.3, 0.4) is 0 Å². The topological polar surface area (TPSA) is 32.7 Å². The monoisotopic (exact) mass is 269 g/mol. The summed E-state index contributed by atoms with van der Waals surface area (Å²) in [7, 11) is 0. The van der Waals surface area contributed by atoms with E-state index in [9.17, 15) is 5.11 Å². The van der Waals surface area contributed by atoms with Crippen molar-refractivity contribution >= 4 is 0 Å². The molecule has 0 aromatic heterocycles. The zero-order valence-electron chi connectivity index (χ0n) is 13.5. The Morgan fingerprint density at radius 1 is 1.16 bits per heavy atom. The Morgan fingerprint density at radius 2 is 1.68 bits per heavy atom. The molecule has 0 aromatic rings. The Hall–Kier alpha value is -0.120. The van der Waals surface area contributed by atoms with Gasteiger partial charge in [-0.25, -0.2) is 0 Å². The minimum atomic E-state index is -0.345. The lowest BCUT2D eigenvalue weighted by Crippen LogP contribution is -2.56. The lowest BCUT2D eigenvalue weighted by molar-refractivity contribution is -0.108. The van der Waals surface area contributed by atoms with Crippen LogP contribution in [0.2, 0.25) is 0 Å². The summed E-state index contributed by atoms with van der Waals surface area (Å²) in [5, 5.41) is 11.0. The van der Waals surface area contributed by atoms with Crippen LogP contribution in [-0.2, 0) is 4.74 Å². The molecule has 0 radical (unpaired) electrons. The van der Waals surface area contributed by atoms with E-state index < -0.39 is 0 Å². The van der Waals surface area contributed by atoms with Gasteiger partial charge < -0.3 is 9.84 Å². The van der Waals surface area contributed by atoms with E-state index in [0.717, 1.165) is 19.5 Å². The lowest BCUT2D eigenvalue weighted by Gasteiger charge is -2.44. The summed E-state index contributed by atoms with van der Waals surface area (Å²) in [6, 6.07) is 0. The maximum atomic E-state index is 11.0. The summed E-state index contributed by atoms with van der Waals surface area (Å²) in [5.74, 6) is 0.193. The third-order valence-corrected chi connectivity index (χ3v) is 5.17. The van der Waals surface area contributed by atoms with Gasteiger partial charge >= 0.3 is 0 Å². The molecule has 2 heterocycles. The van der Waals surface area contributed by atoms with Crippen LogP contribution in [0.15, 0.2) is 0 Å². The molecule has 2 saturated heterocycles. The summed E-state index contributed by atoms with van der Waals surface area (Å²) in [6.45, 7) is 15.1. The lowest BCUT2D eigenvalue weighted by atomic mass is 9.75. The fourth-order valence-corrected chi connectivity index (χ4v) is 4.07. The molecule has 3 nitrogen and oxygen atoms in total. The molecule has 0 saturated carbocycles. The number of aliphatic hydroxyl groups excluding tert-OH is 1. The average Bonchev–Trinajstić information content (AvgIpc) is 2.82. The van der Waals surface area contributed by atoms with E-state index in [1.54, 1.807) is 0 Å². The van der Waals surface area contributed by atoms with Crippen LogP contribution in [0, 0.1) is 5.92 Å². The summed E-state index contributed by atoms with van der Waals surface area (Å²) < 4.78 is 6.15. The van der Waals surface area contributed by atoms with E-state index >= 15 is 0 Å². The van der Waals surface area contributed by atoms with Crippen LogP contribution in [0.1, 0.15) is 60.8 Å². The molecule has 0 amide bonds. The van der Waals surface area contributed by atoms with Crippen molar-refractivity contribution in [2.75, 3.05) is 13.1 Å². The van der Waals surface area contributed by atoms with Gasteiger partial charge in [0.2, 0.25) is 0 Å². The number of nitrogens with zero attached hydrogens (tertiary/aromatic N) is 1. The van der Waals surface area contributed by atoms with Crippen molar-refractivity contribution in [1.82, 2.24) is 4.90 Å². The SMILES string of the molecule is CC1(C)CC(C(O)C(C)(C)N2CCCC2)C(C)(C)O1. The Bertz CT molecular complexity index is 330. The molecule has 3 heteroatoms. The van der Waals surface area contributed by atoms with Gasteiger partial charge in [-0.1, -0.05) is 0 Å². The fourth-order valence-electron chi connectivity index (χ4n) is 4.07. The highest BCUT2D eigenvalue weighted by molar-refractivity contribution is 5.04. The molecule has 2 aliphatic rings. The molecule has 112 valence electrons. The van der Waals surface area contributed by atoms with Crippen LogP contribution in [0.4, 0.5) is 0 Å². The van der Waals surface area contributed by atoms with Gasteiger partial charge in [0, 0.05) is 11.5 Å². The standard InChI is InChI=1S/C16H31NO2/c1-14(2)11-12(16(5,6)19-14)13(18)15(3,4)17-9-7-8-10-17/h12-13,18H,7-11H2,1-6H3. The molecule has 19 heavy (non-hydrogen) atoms. The average molecular weight is 269 g/mol. The van der Waals surface area contributed by atoms with Crippen LogP contribution in [0.5, 0.6) is 0 Å². The molecule has 1 N–H and O–H groups in total. The van der Waals surface area contributed by atoms with Gasteiger partial charge in [-0.15, -0.1) is 0 Å².